The van der Waals surface area contributed by atoms with Gasteiger partial charge in [0.2, 0.25) is 27.9 Å². The lowest BCUT2D eigenvalue weighted by Crippen LogP contribution is -2.28. The molecule has 19 heteroatoms. The Morgan fingerprint density at radius 1 is 1.00 bits per heavy atom. The molecule has 184 valence electrons. The van der Waals surface area contributed by atoms with Crippen molar-refractivity contribution in [3.05, 3.63) is 18.2 Å². The molecule has 2 aromatic rings. The molecule has 0 amide bonds. The predicted octanol–water partition coefficient (Wildman–Crippen LogP) is -0.344. The first-order valence-electron chi connectivity index (χ1n) is 8.84. The second-order valence-electron chi connectivity index (χ2n) is 6.03. The summed E-state index contributed by atoms with van der Waals surface area (Å²) in [6.45, 7) is 0.0596. The van der Waals surface area contributed by atoms with E-state index in [2.05, 4.69) is 45.0 Å². The summed E-state index contributed by atoms with van der Waals surface area (Å²) in [6, 6.07) is 3.41. The van der Waals surface area contributed by atoms with Gasteiger partial charge in [-0.15, -0.1) is 4.33 Å². The van der Waals surface area contributed by atoms with Gasteiger partial charge in [-0.1, -0.05) is 5.04 Å². The number of nitrogens with one attached hydrogen (secondary N) is 4. The molecule has 0 unspecified atom stereocenters. The van der Waals surface area contributed by atoms with Gasteiger partial charge in [-0.05, 0) is 18.2 Å². The maximum atomic E-state index is 11.5. The molecule has 7 N–H and O–H groups in total. The number of hydrogen-bond acceptors (Lipinski definition) is 15. The Balaban J connectivity index is 2.33. The standard InChI is InChI=1S/C14H21N7O9S3/c1-32(24,25)17-5-4-15-12-19-13(16-6-7-22)21-14(20-12)18-10-8-9(33(26,27)28)2-3-11(10)31-30-29-23/h2-3,8,17,22-23H,4-7H2,1H3,(H,26,27,28)(H3,15,16,18,19,20,21). The minimum Gasteiger partial charge on any atom is -0.395 e. The predicted molar refractivity (Wildman–Crippen MR) is 117 cm³/mol. The molecular weight excluding hydrogens is 506 g/mol. The molecule has 0 bridgehead atoms. The zero-order chi connectivity index (χ0) is 24.5. The first-order chi connectivity index (χ1) is 15.5. The number of benzene rings is 1. The molecule has 0 aliphatic rings. The summed E-state index contributed by atoms with van der Waals surface area (Å²) in [7, 11) is -7.93. The topological polar surface area (TPSA) is 234 Å². The first kappa shape index (κ1) is 26.9. The maximum absolute atomic E-state index is 11.5. The molecule has 0 saturated heterocycles. The normalized spacial score (nSPS) is 11.9. The first-order valence-corrected chi connectivity index (χ1v) is 12.9. The molecular formula is C14H21N7O9S3. The average molecular weight is 528 g/mol. The van der Waals surface area contributed by atoms with E-state index < -0.39 is 25.0 Å². The van der Waals surface area contributed by atoms with Crippen LogP contribution in [0, 0.1) is 0 Å². The van der Waals surface area contributed by atoms with E-state index in [1.165, 1.54) is 6.07 Å². The number of nitrogens with zero attached hydrogens (tertiary/aromatic N) is 3. The minimum absolute atomic E-state index is 0.0262. The van der Waals surface area contributed by atoms with Crippen LogP contribution in [0.4, 0.5) is 23.5 Å². The number of sulfonamides is 1. The van der Waals surface area contributed by atoms with E-state index in [0.29, 0.717) is 12.0 Å². The largest absolute Gasteiger partial charge is 0.395 e. The summed E-state index contributed by atoms with van der Waals surface area (Å²) >= 11 is 0.515. The van der Waals surface area contributed by atoms with Crippen molar-refractivity contribution < 1.29 is 41.1 Å². The van der Waals surface area contributed by atoms with Crippen molar-refractivity contribution >= 4 is 55.7 Å². The van der Waals surface area contributed by atoms with Gasteiger partial charge in [0.1, 0.15) is 0 Å². The number of hydrogen-bond donors (Lipinski definition) is 7. The summed E-state index contributed by atoms with van der Waals surface area (Å²) < 4.78 is 61.3. The average Bonchev–Trinajstić information content (AvgIpc) is 2.73. The van der Waals surface area contributed by atoms with Crippen LogP contribution in [-0.4, -0.2) is 79.2 Å². The molecule has 1 aromatic heterocycles. The van der Waals surface area contributed by atoms with E-state index in [-0.39, 0.29) is 54.7 Å². The van der Waals surface area contributed by atoms with Crippen LogP contribution in [0.25, 0.3) is 0 Å². The van der Waals surface area contributed by atoms with E-state index >= 15 is 0 Å². The Kier molecular flexibility index (Phi) is 9.94. The SMILES string of the molecule is CS(=O)(=O)NCCNc1nc(NCCO)nc(Nc2cc(S(=O)(=O)O)ccc2SOOO)n1. The van der Waals surface area contributed by atoms with E-state index in [1.807, 2.05) is 0 Å². The van der Waals surface area contributed by atoms with Gasteiger partial charge in [0.05, 0.1) is 40.4 Å². The second-order valence-corrected chi connectivity index (χ2v) is 10.0. The monoisotopic (exact) mass is 527 g/mol. The number of aliphatic hydroxyl groups is 1. The lowest BCUT2D eigenvalue weighted by Gasteiger charge is -2.13. The van der Waals surface area contributed by atoms with Crippen molar-refractivity contribution in [1.82, 2.24) is 19.7 Å². The third kappa shape index (κ3) is 9.57. The fourth-order valence-corrected chi connectivity index (χ4v) is 3.59. The number of aliphatic hydroxyl groups excluding tert-OH is 1. The van der Waals surface area contributed by atoms with Crippen LogP contribution < -0.4 is 20.7 Å². The van der Waals surface area contributed by atoms with Crippen molar-refractivity contribution in [2.24, 2.45) is 0 Å². The van der Waals surface area contributed by atoms with Gasteiger partial charge in [-0.2, -0.15) is 23.4 Å². The molecule has 0 aliphatic carbocycles. The zero-order valence-corrected chi connectivity index (χ0v) is 19.4. The van der Waals surface area contributed by atoms with Crippen LogP contribution in [0.1, 0.15) is 0 Å². The fraction of sp³-hybridized carbons (Fsp3) is 0.357. The van der Waals surface area contributed by atoms with Crippen LogP contribution in [0.2, 0.25) is 0 Å². The molecule has 0 fully saturated rings. The van der Waals surface area contributed by atoms with Gasteiger partial charge in [0.15, 0.2) is 0 Å². The summed E-state index contributed by atoms with van der Waals surface area (Å²) in [5.74, 6) is -0.0308. The third-order valence-electron chi connectivity index (χ3n) is 3.45. The molecule has 0 radical (unpaired) electrons. The minimum atomic E-state index is -4.54. The molecule has 33 heavy (non-hydrogen) atoms. The highest BCUT2D eigenvalue weighted by Gasteiger charge is 2.16. The van der Waals surface area contributed by atoms with Crippen LogP contribution in [0.5, 0.6) is 0 Å². The maximum Gasteiger partial charge on any atom is 0.294 e. The lowest BCUT2D eigenvalue weighted by atomic mass is 10.3. The highest BCUT2D eigenvalue weighted by molar-refractivity contribution is 7.94. The smallest absolute Gasteiger partial charge is 0.294 e. The van der Waals surface area contributed by atoms with Gasteiger partial charge >= 0.3 is 0 Å². The highest BCUT2D eigenvalue weighted by Crippen LogP contribution is 2.32. The Hall–Kier alpha value is -2.36. The highest BCUT2D eigenvalue weighted by atomic mass is 32.2. The van der Waals surface area contributed by atoms with Crippen LogP contribution in [0.3, 0.4) is 0 Å². The van der Waals surface area contributed by atoms with Crippen molar-refractivity contribution in [1.29, 1.82) is 0 Å². The third-order valence-corrected chi connectivity index (χ3v) is 5.69. The van der Waals surface area contributed by atoms with Crippen molar-refractivity contribution in [2.45, 2.75) is 9.79 Å². The quantitative estimate of drug-likeness (QED) is 0.0546. The lowest BCUT2D eigenvalue weighted by molar-refractivity contribution is -0.432. The molecule has 16 nitrogen and oxygen atoms in total. The number of aromatic nitrogens is 3. The Morgan fingerprint density at radius 2 is 1.64 bits per heavy atom. The van der Waals surface area contributed by atoms with E-state index in [9.17, 15) is 21.4 Å². The summed E-state index contributed by atoms with van der Waals surface area (Å²) in [4.78, 5) is 12.1. The Bertz CT molecular complexity index is 1150. The molecule has 0 atom stereocenters. The van der Waals surface area contributed by atoms with Crippen LogP contribution >= 0.6 is 12.0 Å². The Morgan fingerprint density at radius 3 is 2.21 bits per heavy atom. The summed E-state index contributed by atoms with van der Waals surface area (Å²) in [6.07, 6.45) is 1.01. The van der Waals surface area contributed by atoms with E-state index in [1.54, 1.807) is 0 Å². The fourth-order valence-electron chi connectivity index (χ4n) is 2.18. The summed E-state index contributed by atoms with van der Waals surface area (Å²) in [5, 5.41) is 29.2. The van der Waals surface area contributed by atoms with Gasteiger partial charge in [-0.3, -0.25) is 4.55 Å². The molecule has 0 aliphatic heterocycles. The van der Waals surface area contributed by atoms with Gasteiger partial charge < -0.3 is 21.1 Å². The van der Waals surface area contributed by atoms with Crippen molar-refractivity contribution in [3.63, 3.8) is 0 Å². The number of rotatable bonds is 14. The second kappa shape index (κ2) is 12.2. The molecule has 1 aromatic carbocycles. The van der Waals surface area contributed by atoms with Gasteiger partial charge in [0.25, 0.3) is 10.1 Å². The van der Waals surface area contributed by atoms with Crippen molar-refractivity contribution in [3.8, 4) is 0 Å². The van der Waals surface area contributed by atoms with Crippen LogP contribution in [-0.2, 0) is 29.5 Å². The van der Waals surface area contributed by atoms with Crippen molar-refractivity contribution in [2.75, 3.05) is 48.4 Å². The summed E-state index contributed by atoms with van der Waals surface area (Å²) in [5.41, 5.74) is 0.0520. The molecule has 0 spiro atoms. The molecule has 2 rings (SSSR count). The van der Waals surface area contributed by atoms with Gasteiger partial charge in [-0.25, -0.2) is 18.4 Å². The Labute approximate surface area is 193 Å². The van der Waals surface area contributed by atoms with E-state index in [0.717, 1.165) is 18.4 Å². The van der Waals surface area contributed by atoms with Gasteiger partial charge in [0, 0.05) is 19.6 Å². The number of anilines is 4. The zero-order valence-electron chi connectivity index (χ0n) is 16.9. The molecule has 1 heterocycles. The molecule has 0 saturated carbocycles. The van der Waals surface area contributed by atoms with E-state index in [4.69, 9.17) is 10.4 Å². The van der Waals surface area contributed by atoms with Crippen LogP contribution in [0.15, 0.2) is 28.0 Å².